The minimum atomic E-state index is -4.59. The van der Waals surface area contributed by atoms with Crippen LogP contribution in [0.4, 0.5) is 23.2 Å². The Balaban J connectivity index is 2.42. The van der Waals surface area contributed by atoms with Gasteiger partial charge in [-0.2, -0.15) is 23.3 Å². The second-order valence-electron chi connectivity index (χ2n) is 3.48. The maximum absolute atomic E-state index is 13.6. The minimum Gasteiger partial charge on any atom is -0.237 e. The molecular weight excluding hydrogens is 266 g/mol. The largest absolute Gasteiger partial charge is 0.435 e. The minimum absolute atomic E-state index is 0.0134. The molecular formula is C11H5F4N3O. The van der Waals surface area contributed by atoms with Gasteiger partial charge < -0.3 is 0 Å². The summed E-state index contributed by atoms with van der Waals surface area (Å²) in [4.78, 5) is 13.2. The number of alkyl halides is 3. The molecule has 0 bridgehead atoms. The van der Waals surface area contributed by atoms with Crippen LogP contribution >= 0.6 is 0 Å². The maximum Gasteiger partial charge on any atom is 0.435 e. The highest BCUT2D eigenvalue weighted by Gasteiger charge is 2.33. The Morgan fingerprint density at radius 1 is 1.26 bits per heavy atom. The van der Waals surface area contributed by atoms with E-state index in [0.29, 0.717) is 0 Å². The molecule has 4 nitrogen and oxygen atoms in total. The molecule has 0 atom stereocenters. The van der Waals surface area contributed by atoms with E-state index in [9.17, 15) is 22.4 Å². The highest BCUT2D eigenvalue weighted by atomic mass is 19.4. The van der Waals surface area contributed by atoms with Crippen LogP contribution in [0.5, 0.6) is 0 Å². The number of aromatic nitrogens is 2. The number of isocyanates is 1. The van der Waals surface area contributed by atoms with E-state index >= 15 is 0 Å². The van der Waals surface area contributed by atoms with Gasteiger partial charge in [-0.15, -0.1) is 0 Å². The van der Waals surface area contributed by atoms with E-state index in [1.807, 2.05) is 0 Å². The molecule has 98 valence electrons. The fraction of sp³-hybridized carbons (Fsp3) is 0.0909. The first kappa shape index (κ1) is 13.0. The molecule has 1 heterocycles. The summed E-state index contributed by atoms with van der Waals surface area (Å²) in [5.74, 6) is -0.853. The van der Waals surface area contributed by atoms with E-state index in [4.69, 9.17) is 0 Å². The predicted octanol–water partition coefficient (Wildman–Crippen LogP) is 3.00. The standard InChI is InChI=1S/C11H5F4N3O/c12-8-5-7(16-6-19)1-2-9(8)18-4-3-10(17-18)11(13,14)15/h1-5H. The molecule has 0 saturated heterocycles. The molecule has 0 amide bonds. The number of hydrogen-bond donors (Lipinski definition) is 0. The quantitative estimate of drug-likeness (QED) is 0.479. The van der Waals surface area contributed by atoms with Crippen molar-refractivity contribution in [3.63, 3.8) is 0 Å². The predicted molar refractivity (Wildman–Crippen MR) is 56.3 cm³/mol. The summed E-state index contributed by atoms with van der Waals surface area (Å²) in [5.41, 5.74) is -1.29. The summed E-state index contributed by atoms with van der Waals surface area (Å²) in [6, 6.07) is 4.06. The number of nitrogens with zero attached hydrogens (tertiary/aromatic N) is 3. The summed E-state index contributed by atoms with van der Waals surface area (Å²) >= 11 is 0. The van der Waals surface area contributed by atoms with Crippen LogP contribution in [0.1, 0.15) is 5.69 Å². The van der Waals surface area contributed by atoms with Gasteiger partial charge >= 0.3 is 6.18 Å². The molecule has 1 aromatic heterocycles. The van der Waals surface area contributed by atoms with Gasteiger partial charge in [-0.1, -0.05) is 0 Å². The Hall–Kier alpha value is -2.47. The van der Waals surface area contributed by atoms with Crippen molar-refractivity contribution in [3.8, 4) is 5.69 Å². The first-order valence-electron chi connectivity index (χ1n) is 4.92. The number of benzene rings is 1. The molecule has 0 spiro atoms. The molecule has 0 aliphatic heterocycles. The van der Waals surface area contributed by atoms with Gasteiger partial charge in [0.15, 0.2) is 11.5 Å². The van der Waals surface area contributed by atoms with E-state index in [1.165, 1.54) is 18.2 Å². The van der Waals surface area contributed by atoms with E-state index in [0.717, 1.165) is 23.0 Å². The van der Waals surface area contributed by atoms with Gasteiger partial charge in [-0.3, -0.25) is 0 Å². The van der Waals surface area contributed by atoms with Crippen LogP contribution in [0.2, 0.25) is 0 Å². The highest BCUT2D eigenvalue weighted by Crippen LogP contribution is 2.28. The van der Waals surface area contributed by atoms with Crippen LogP contribution in [-0.4, -0.2) is 15.9 Å². The first-order chi connectivity index (χ1) is 8.91. The summed E-state index contributed by atoms with van der Waals surface area (Å²) < 4.78 is 51.5. The van der Waals surface area contributed by atoms with Crippen LogP contribution in [0, 0.1) is 5.82 Å². The zero-order valence-corrected chi connectivity index (χ0v) is 9.15. The average Bonchev–Trinajstić information content (AvgIpc) is 2.78. The third-order valence-electron chi connectivity index (χ3n) is 2.23. The van der Waals surface area contributed by atoms with Gasteiger partial charge in [-0.25, -0.2) is 13.9 Å². The fourth-order valence-corrected chi connectivity index (χ4v) is 1.41. The monoisotopic (exact) mass is 271 g/mol. The lowest BCUT2D eigenvalue weighted by molar-refractivity contribution is -0.141. The van der Waals surface area contributed by atoms with Crippen molar-refractivity contribution in [2.45, 2.75) is 6.18 Å². The molecule has 0 fully saturated rings. The zero-order chi connectivity index (χ0) is 14.0. The normalized spacial score (nSPS) is 11.2. The van der Waals surface area contributed by atoms with Gasteiger partial charge in [0.25, 0.3) is 0 Å². The Bertz CT molecular complexity index is 656. The number of rotatable bonds is 2. The number of halogens is 4. The second kappa shape index (κ2) is 4.66. The van der Waals surface area contributed by atoms with E-state index in [2.05, 4.69) is 10.1 Å². The van der Waals surface area contributed by atoms with Crippen LogP contribution in [-0.2, 0) is 11.0 Å². The fourth-order valence-electron chi connectivity index (χ4n) is 1.41. The summed E-state index contributed by atoms with van der Waals surface area (Å²) in [5, 5.41) is 3.23. The Morgan fingerprint density at radius 2 is 2.00 bits per heavy atom. The van der Waals surface area contributed by atoms with Gasteiger partial charge in [0, 0.05) is 12.3 Å². The maximum atomic E-state index is 13.6. The third kappa shape index (κ3) is 2.69. The molecule has 1 aromatic carbocycles. The SMILES string of the molecule is O=C=Nc1ccc(-n2ccc(C(F)(F)F)n2)c(F)c1. The van der Waals surface area contributed by atoms with Crippen molar-refractivity contribution < 1.29 is 22.4 Å². The van der Waals surface area contributed by atoms with E-state index in [1.54, 1.807) is 0 Å². The lowest BCUT2D eigenvalue weighted by Crippen LogP contribution is -2.07. The van der Waals surface area contributed by atoms with Crippen LogP contribution in [0.25, 0.3) is 5.69 Å². The van der Waals surface area contributed by atoms with Crippen LogP contribution in [0.3, 0.4) is 0 Å². The molecule has 0 N–H and O–H groups in total. The Kier molecular flexibility index (Phi) is 3.18. The summed E-state index contributed by atoms with van der Waals surface area (Å²) in [6.45, 7) is 0. The molecule has 0 radical (unpaired) electrons. The van der Waals surface area contributed by atoms with Gasteiger partial charge in [0.2, 0.25) is 6.08 Å². The molecule has 2 rings (SSSR count). The summed E-state index contributed by atoms with van der Waals surface area (Å²) in [7, 11) is 0. The zero-order valence-electron chi connectivity index (χ0n) is 9.15. The number of hydrogen-bond acceptors (Lipinski definition) is 3. The van der Waals surface area contributed by atoms with Crippen LogP contribution < -0.4 is 0 Å². The molecule has 0 aliphatic carbocycles. The molecule has 0 saturated carbocycles. The number of carbonyl (C=O) groups excluding carboxylic acids is 1. The molecule has 0 unspecified atom stereocenters. The molecule has 0 aliphatic rings. The van der Waals surface area contributed by atoms with Crippen molar-refractivity contribution in [1.82, 2.24) is 9.78 Å². The van der Waals surface area contributed by atoms with Crippen molar-refractivity contribution in [2.24, 2.45) is 4.99 Å². The summed E-state index contributed by atoms with van der Waals surface area (Å²) in [6.07, 6.45) is -2.37. The molecule has 2 aromatic rings. The van der Waals surface area contributed by atoms with Crippen LogP contribution in [0.15, 0.2) is 35.5 Å². The lowest BCUT2D eigenvalue weighted by Gasteiger charge is -2.04. The lowest BCUT2D eigenvalue weighted by atomic mass is 10.2. The Morgan fingerprint density at radius 3 is 2.53 bits per heavy atom. The molecule has 8 heteroatoms. The second-order valence-corrected chi connectivity index (χ2v) is 3.48. The van der Waals surface area contributed by atoms with Gasteiger partial charge in [-0.05, 0) is 18.2 Å². The van der Waals surface area contributed by atoms with Gasteiger partial charge in [0.1, 0.15) is 5.69 Å². The van der Waals surface area contributed by atoms with E-state index < -0.39 is 17.7 Å². The Labute approximate surface area is 104 Å². The van der Waals surface area contributed by atoms with Gasteiger partial charge in [0.05, 0.1) is 5.69 Å². The smallest absolute Gasteiger partial charge is 0.237 e. The van der Waals surface area contributed by atoms with Crippen molar-refractivity contribution in [1.29, 1.82) is 0 Å². The average molecular weight is 271 g/mol. The first-order valence-corrected chi connectivity index (χ1v) is 4.92. The highest BCUT2D eigenvalue weighted by molar-refractivity contribution is 5.52. The topological polar surface area (TPSA) is 47.2 Å². The number of aliphatic imine (C=N–C) groups is 1. The van der Waals surface area contributed by atoms with E-state index in [-0.39, 0.29) is 11.4 Å². The van der Waals surface area contributed by atoms with Crippen molar-refractivity contribution >= 4 is 11.8 Å². The van der Waals surface area contributed by atoms with Crippen molar-refractivity contribution in [2.75, 3.05) is 0 Å². The third-order valence-corrected chi connectivity index (χ3v) is 2.23. The van der Waals surface area contributed by atoms with Crippen molar-refractivity contribution in [3.05, 3.63) is 42.0 Å². The molecule has 19 heavy (non-hydrogen) atoms.